The van der Waals surface area contributed by atoms with Gasteiger partial charge in [-0.15, -0.1) is 0 Å². The lowest BCUT2D eigenvalue weighted by molar-refractivity contribution is -0.253. The molecule has 0 radical (unpaired) electrons. The van der Waals surface area contributed by atoms with E-state index in [0.29, 0.717) is 12.6 Å². The molecule has 3 N–H and O–H groups in total. The number of carboxylic acids is 1. The van der Waals surface area contributed by atoms with Crippen LogP contribution < -0.4 is 5.32 Å². The molecule has 9 nitrogen and oxygen atoms in total. The summed E-state index contributed by atoms with van der Waals surface area (Å²) in [6.45, 7) is 2.91. The maximum absolute atomic E-state index is 12.0. The van der Waals surface area contributed by atoms with Gasteiger partial charge in [-0.25, -0.2) is 0 Å². The van der Waals surface area contributed by atoms with Gasteiger partial charge in [0, 0.05) is 44.6 Å². The lowest BCUT2D eigenvalue weighted by Crippen LogP contribution is -2.42. The third-order valence-electron chi connectivity index (χ3n) is 8.41. The van der Waals surface area contributed by atoms with Crippen LogP contribution in [0, 0.1) is 0 Å². The van der Waals surface area contributed by atoms with E-state index in [1.807, 2.05) is 60.7 Å². The summed E-state index contributed by atoms with van der Waals surface area (Å²) in [5.41, 5.74) is 5.84. The molecule has 0 aliphatic carbocycles. The van der Waals surface area contributed by atoms with E-state index in [4.69, 9.17) is 19.3 Å². The molecule has 1 amide bonds. The Morgan fingerprint density at radius 2 is 1.73 bits per heavy atom. The molecule has 9 heteroatoms. The number of amides is 1. The van der Waals surface area contributed by atoms with E-state index in [0.717, 1.165) is 72.3 Å². The van der Waals surface area contributed by atoms with Gasteiger partial charge in [-0.3, -0.25) is 14.5 Å². The topological polar surface area (TPSA) is 118 Å². The van der Waals surface area contributed by atoms with Crippen LogP contribution in [0.2, 0.25) is 0 Å². The molecule has 2 fully saturated rings. The Labute approximate surface area is 258 Å². The molecule has 0 saturated carbocycles. The van der Waals surface area contributed by atoms with Crippen LogP contribution in [0.5, 0.6) is 0 Å². The Bertz CT molecular complexity index is 1380. The fourth-order valence-electron chi connectivity index (χ4n) is 6.01. The molecule has 4 unspecified atom stereocenters. The molecule has 3 aromatic rings. The van der Waals surface area contributed by atoms with Crippen molar-refractivity contribution in [2.75, 3.05) is 26.8 Å². The van der Waals surface area contributed by atoms with Crippen LogP contribution >= 0.6 is 0 Å². The number of carboxylic acid groups (broad SMARTS) is 1. The van der Waals surface area contributed by atoms with Crippen molar-refractivity contribution in [2.45, 2.75) is 69.8 Å². The highest BCUT2D eigenvalue weighted by atomic mass is 16.7. The highest BCUT2D eigenvalue weighted by molar-refractivity contribution is 5.80. The predicted molar refractivity (Wildman–Crippen MR) is 165 cm³/mol. The van der Waals surface area contributed by atoms with E-state index in [1.54, 1.807) is 7.11 Å². The van der Waals surface area contributed by atoms with Crippen LogP contribution in [0.3, 0.4) is 0 Å². The molecule has 234 valence electrons. The molecule has 5 rings (SSSR count). The second-order valence-corrected chi connectivity index (χ2v) is 11.6. The Balaban J connectivity index is 1.29. The number of aliphatic hydroxyl groups excluding tert-OH is 1. The number of ether oxygens (including phenoxy) is 3. The molecular weight excluding hydrogens is 560 g/mol. The summed E-state index contributed by atoms with van der Waals surface area (Å²) in [6.07, 6.45) is 2.12. The summed E-state index contributed by atoms with van der Waals surface area (Å²) in [7, 11) is 1.76. The van der Waals surface area contributed by atoms with Gasteiger partial charge in [-0.05, 0) is 53.3 Å². The van der Waals surface area contributed by atoms with E-state index >= 15 is 0 Å². The van der Waals surface area contributed by atoms with Gasteiger partial charge in [-0.2, -0.15) is 0 Å². The minimum Gasteiger partial charge on any atom is -0.481 e. The molecule has 2 aliphatic rings. The standard InChI is InChI=1S/C35H42N2O7/c1-42-23-30-6-3-17-37(30)21-31-19-32(27-9-7-24(22-38)8-10-27)44-35(43-31)28-13-11-26(12-14-28)29-5-2-4-25(18-29)20-36-33(39)15-16-34(40)41/h2,4-5,7-14,18,30-32,35,38H,3,6,15-17,19-23H2,1H3,(H,36,39)(H,40,41). The van der Waals surface area contributed by atoms with Gasteiger partial charge in [0.2, 0.25) is 5.91 Å². The predicted octanol–water partition coefficient (Wildman–Crippen LogP) is 4.98. The number of nitrogens with zero attached hydrogens (tertiary/aromatic N) is 1. The van der Waals surface area contributed by atoms with Gasteiger partial charge < -0.3 is 29.7 Å². The monoisotopic (exact) mass is 602 g/mol. The van der Waals surface area contributed by atoms with E-state index in [9.17, 15) is 14.7 Å². The Morgan fingerprint density at radius 3 is 2.45 bits per heavy atom. The molecule has 2 heterocycles. The SMILES string of the molecule is COCC1CCCN1CC1CC(c2ccc(CO)cc2)OC(c2ccc(-c3cccc(CNC(=O)CCC(=O)O)c3)cc2)O1. The van der Waals surface area contributed by atoms with Crippen molar-refractivity contribution in [1.82, 2.24) is 10.2 Å². The third-order valence-corrected chi connectivity index (χ3v) is 8.41. The van der Waals surface area contributed by atoms with E-state index in [2.05, 4.69) is 22.3 Å². The van der Waals surface area contributed by atoms with Crippen molar-refractivity contribution in [2.24, 2.45) is 0 Å². The van der Waals surface area contributed by atoms with Crippen molar-refractivity contribution in [1.29, 1.82) is 0 Å². The van der Waals surface area contributed by atoms with Crippen molar-refractivity contribution >= 4 is 11.9 Å². The average molecular weight is 603 g/mol. The summed E-state index contributed by atoms with van der Waals surface area (Å²) < 4.78 is 18.6. The highest BCUT2D eigenvalue weighted by Gasteiger charge is 2.35. The van der Waals surface area contributed by atoms with Crippen LogP contribution in [-0.4, -0.2) is 65.9 Å². The number of rotatable bonds is 13. The summed E-state index contributed by atoms with van der Waals surface area (Å²) >= 11 is 0. The van der Waals surface area contributed by atoms with Gasteiger partial charge in [-0.1, -0.05) is 66.7 Å². The highest BCUT2D eigenvalue weighted by Crippen LogP contribution is 2.39. The quantitative estimate of drug-likeness (QED) is 0.251. The first kappa shape index (κ1) is 31.8. The summed E-state index contributed by atoms with van der Waals surface area (Å²) in [6, 6.07) is 24.5. The number of aliphatic hydroxyl groups is 1. The Morgan fingerprint density at radius 1 is 0.955 bits per heavy atom. The number of carbonyl (C=O) groups is 2. The van der Waals surface area contributed by atoms with Gasteiger partial charge in [0.1, 0.15) is 0 Å². The second kappa shape index (κ2) is 15.4. The van der Waals surface area contributed by atoms with Gasteiger partial charge >= 0.3 is 5.97 Å². The smallest absolute Gasteiger partial charge is 0.303 e. The lowest BCUT2D eigenvalue weighted by Gasteiger charge is -2.38. The molecule has 2 saturated heterocycles. The zero-order valence-corrected chi connectivity index (χ0v) is 25.2. The number of methoxy groups -OCH3 is 1. The third kappa shape index (κ3) is 8.52. The number of carbonyl (C=O) groups excluding carboxylic acids is 1. The first-order valence-electron chi connectivity index (χ1n) is 15.3. The molecule has 0 bridgehead atoms. The fraction of sp³-hybridized carbons (Fsp3) is 0.429. The summed E-state index contributed by atoms with van der Waals surface area (Å²) in [5, 5.41) is 21.1. The largest absolute Gasteiger partial charge is 0.481 e. The zero-order chi connectivity index (χ0) is 30.9. The van der Waals surface area contributed by atoms with E-state index in [-0.39, 0.29) is 37.6 Å². The number of benzene rings is 3. The lowest BCUT2D eigenvalue weighted by atomic mass is 9.98. The maximum Gasteiger partial charge on any atom is 0.303 e. The molecule has 0 spiro atoms. The normalized spacial score (nSPS) is 22.1. The van der Waals surface area contributed by atoms with Crippen molar-refractivity contribution in [3.63, 3.8) is 0 Å². The van der Waals surface area contributed by atoms with E-state index in [1.165, 1.54) is 0 Å². The summed E-state index contributed by atoms with van der Waals surface area (Å²) in [4.78, 5) is 25.2. The number of aliphatic carboxylic acids is 1. The number of hydrogen-bond donors (Lipinski definition) is 3. The van der Waals surface area contributed by atoms with E-state index < -0.39 is 12.3 Å². The van der Waals surface area contributed by atoms with Crippen LogP contribution in [0.4, 0.5) is 0 Å². The fourth-order valence-corrected chi connectivity index (χ4v) is 6.01. The first-order chi connectivity index (χ1) is 21.4. The molecule has 44 heavy (non-hydrogen) atoms. The minimum absolute atomic E-state index is 0.00664. The van der Waals surface area contributed by atoms with Crippen molar-refractivity contribution in [3.8, 4) is 11.1 Å². The van der Waals surface area contributed by atoms with Crippen LogP contribution in [0.15, 0.2) is 72.8 Å². The van der Waals surface area contributed by atoms with Gasteiger partial charge in [0.25, 0.3) is 0 Å². The molecule has 4 atom stereocenters. The van der Waals surface area contributed by atoms with Crippen LogP contribution in [-0.2, 0) is 37.0 Å². The van der Waals surface area contributed by atoms with Crippen molar-refractivity contribution < 1.29 is 34.0 Å². The maximum atomic E-state index is 12.0. The first-order valence-corrected chi connectivity index (χ1v) is 15.3. The average Bonchev–Trinajstić information content (AvgIpc) is 3.49. The Hall–Kier alpha value is -3.60. The Kier molecular flexibility index (Phi) is 11.1. The van der Waals surface area contributed by atoms with Crippen LogP contribution in [0.25, 0.3) is 11.1 Å². The molecule has 3 aromatic carbocycles. The summed E-state index contributed by atoms with van der Waals surface area (Å²) in [5.74, 6) is -1.27. The van der Waals surface area contributed by atoms with Crippen LogP contribution in [0.1, 0.15) is 66.8 Å². The molecule has 0 aromatic heterocycles. The zero-order valence-electron chi connectivity index (χ0n) is 25.2. The number of nitrogens with one attached hydrogen (secondary N) is 1. The number of hydrogen-bond acceptors (Lipinski definition) is 7. The molecular formula is C35H42N2O7. The molecule has 2 aliphatic heterocycles. The second-order valence-electron chi connectivity index (χ2n) is 11.6. The van der Waals surface area contributed by atoms with Crippen molar-refractivity contribution in [3.05, 3.63) is 95.1 Å². The number of likely N-dealkylation sites (tertiary alicyclic amines) is 1. The minimum atomic E-state index is -0.986. The van der Waals surface area contributed by atoms with Gasteiger partial charge in [0.15, 0.2) is 6.29 Å². The van der Waals surface area contributed by atoms with Gasteiger partial charge in [0.05, 0.1) is 31.8 Å².